The van der Waals surface area contributed by atoms with Gasteiger partial charge in [0.2, 0.25) is 5.91 Å². The highest BCUT2D eigenvalue weighted by Gasteiger charge is 2.13. The maximum absolute atomic E-state index is 11.2. The highest BCUT2D eigenvalue weighted by molar-refractivity contribution is 5.75. The molecule has 1 aliphatic heterocycles. The van der Waals surface area contributed by atoms with Crippen LogP contribution in [0.3, 0.4) is 0 Å². The van der Waals surface area contributed by atoms with E-state index in [0.29, 0.717) is 19.8 Å². The summed E-state index contributed by atoms with van der Waals surface area (Å²) < 4.78 is 10.4. The Morgan fingerprint density at radius 1 is 1.53 bits per heavy atom. The number of hydrogen-bond donors (Lipinski definition) is 1. The zero-order valence-corrected chi connectivity index (χ0v) is 9.49. The number of carbonyl (C=O) groups is 1. The van der Waals surface area contributed by atoms with Crippen molar-refractivity contribution in [3.05, 3.63) is 0 Å². The molecule has 1 rings (SSSR count). The Balaban J connectivity index is 1.98. The lowest BCUT2D eigenvalue weighted by Gasteiger charge is -2.23. The summed E-state index contributed by atoms with van der Waals surface area (Å²) in [5.74, 6) is 0.149. The highest BCUT2D eigenvalue weighted by atomic mass is 16.7. The predicted molar refractivity (Wildman–Crippen MR) is 56.5 cm³/mol. The molecule has 1 fully saturated rings. The first-order chi connectivity index (χ1) is 7.20. The maximum Gasteiger partial charge on any atom is 0.223 e. The number of hydrogen-bond acceptors (Lipinski definition) is 4. The number of rotatable bonds is 5. The van der Waals surface area contributed by atoms with Gasteiger partial charge in [-0.05, 0) is 6.42 Å². The lowest BCUT2D eigenvalue weighted by atomic mass is 10.2. The van der Waals surface area contributed by atoms with Gasteiger partial charge in [-0.1, -0.05) is 0 Å². The second kappa shape index (κ2) is 6.76. The molecule has 0 aliphatic carbocycles. The molecule has 1 heterocycles. The monoisotopic (exact) mass is 216 g/mol. The van der Waals surface area contributed by atoms with Gasteiger partial charge >= 0.3 is 0 Å². The van der Waals surface area contributed by atoms with Crippen molar-refractivity contribution in [2.24, 2.45) is 0 Å². The highest BCUT2D eigenvalue weighted by Crippen LogP contribution is 2.04. The van der Waals surface area contributed by atoms with Crippen LogP contribution in [0.15, 0.2) is 0 Å². The van der Waals surface area contributed by atoms with Crippen LogP contribution < -0.4 is 5.32 Å². The second-order valence-corrected chi connectivity index (χ2v) is 3.85. The minimum absolute atomic E-state index is 0.149. The van der Waals surface area contributed by atoms with Crippen LogP contribution in [-0.2, 0) is 14.3 Å². The van der Waals surface area contributed by atoms with E-state index in [1.54, 1.807) is 19.0 Å². The molecule has 1 N–H and O–H groups in total. The molecule has 88 valence electrons. The van der Waals surface area contributed by atoms with Gasteiger partial charge in [-0.15, -0.1) is 0 Å². The largest absolute Gasteiger partial charge is 0.355 e. The molecule has 1 saturated heterocycles. The molecule has 0 aromatic rings. The molecule has 1 unspecified atom stereocenters. The molecule has 1 amide bonds. The molecular weight excluding hydrogens is 196 g/mol. The van der Waals surface area contributed by atoms with Crippen LogP contribution in [-0.4, -0.2) is 57.5 Å². The second-order valence-electron chi connectivity index (χ2n) is 3.85. The van der Waals surface area contributed by atoms with Crippen molar-refractivity contribution >= 4 is 5.91 Å². The molecule has 5 heteroatoms. The van der Waals surface area contributed by atoms with Crippen molar-refractivity contribution in [3.8, 4) is 0 Å². The fraction of sp³-hybridized carbons (Fsp3) is 0.900. The zero-order chi connectivity index (χ0) is 11.1. The Hall–Kier alpha value is -0.650. The number of carbonyl (C=O) groups excluding carboxylic acids is 1. The van der Waals surface area contributed by atoms with E-state index in [-0.39, 0.29) is 12.0 Å². The van der Waals surface area contributed by atoms with Crippen molar-refractivity contribution in [2.45, 2.75) is 18.9 Å². The standard InChI is InChI=1S/C10H20N2O3/c1-12(2)10(13)3-5-11-7-9-4-6-14-8-15-9/h9,11H,3-8H2,1-2H3. The van der Waals surface area contributed by atoms with Gasteiger partial charge in [0.05, 0.1) is 12.7 Å². The van der Waals surface area contributed by atoms with Crippen LogP contribution in [0.5, 0.6) is 0 Å². The number of ether oxygens (including phenoxy) is 2. The molecule has 0 spiro atoms. The Morgan fingerprint density at radius 2 is 2.33 bits per heavy atom. The van der Waals surface area contributed by atoms with Crippen LogP contribution >= 0.6 is 0 Å². The van der Waals surface area contributed by atoms with Crippen molar-refractivity contribution < 1.29 is 14.3 Å². The summed E-state index contributed by atoms with van der Waals surface area (Å²) in [7, 11) is 3.54. The topological polar surface area (TPSA) is 50.8 Å². The van der Waals surface area contributed by atoms with Crippen LogP contribution in [0.2, 0.25) is 0 Å². The van der Waals surface area contributed by atoms with E-state index in [0.717, 1.165) is 19.6 Å². The first kappa shape index (κ1) is 12.4. The molecule has 0 aromatic carbocycles. The molecule has 0 bridgehead atoms. The van der Waals surface area contributed by atoms with E-state index < -0.39 is 0 Å². The van der Waals surface area contributed by atoms with E-state index in [1.165, 1.54) is 0 Å². The van der Waals surface area contributed by atoms with Gasteiger partial charge in [-0.2, -0.15) is 0 Å². The smallest absolute Gasteiger partial charge is 0.223 e. The van der Waals surface area contributed by atoms with Gasteiger partial charge in [0.25, 0.3) is 0 Å². The third-order valence-corrected chi connectivity index (χ3v) is 2.36. The Labute approximate surface area is 90.7 Å². The normalized spacial score (nSPS) is 21.3. The van der Waals surface area contributed by atoms with E-state index >= 15 is 0 Å². The van der Waals surface area contributed by atoms with Gasteiger partial charge in [-0.3, -0.25) is 4.79 Å². The van der Waals surface area contributed by atoms with E-state index in [1.807, 2.05) is 0 Å². The summed E-state index contributed by atoms with van der Waals surface area (Å²) in [5.41, 5.74) is 0. The minimum Gasteiger partial charge on any atom is -0.355 e. The fourth-order valence-corrected chi connectivity index (χ4v) is 1.34. The van der Waals surface area contributed by atoms with E-state index in [4.69, 9.17) is 9.47 Å². The molecule has 0 saturated carbocycles. The summed E-state index contributed by atoms with van der Waals surface area (Å²) >= 11 is 0. The molecule has 0 radical (unpaired) electrons. The van der Waals surface area contributed by atoms with Crippen molar-refractivity contribution in [1.29, 1.82) is 0 Å². The lowest BCUT2D eigenvalue weighted by Crippen LogP contribution is -2.35. The maximum atomic E-state index is 11.2. The van der Waals surface area contributed by atoms with Crippen molar-refractivity contribution in [1.82, 2.24) is 10.2 Å². The first-order valence-electron chi connectivity index (χ1n) is 5.30. The van der Waals surface area contributed by atoms with Crippen LogP contribution in [0.1, 0.15) is 12.8 Å². The quantitative estimate of drug-likeness (QED) is 0.648. The third-order valence-electron chi connectivity index (χ3n) is 2.36. The summed E-state index contributed by atoms with van der Waals surface area (Å²) in [6.07, 6.45) is 1.69. The molecule has 5 nitrogen and oxygen atoms in total. The fourth-order valence-electron chi connectivity index (χ4n) is 1.34. The van der Waals surface area contributed by atoms with Gasteiger partial charge < -0.3 is 19.7 Å². The summed E-state index contributed by atoms with van der Waals surface area (Å²) in [6.45, 7) is 2.66. The molecular formula is C10H20N2O3. The molecule has 15 heavy (non-hydrogen) atoms. The van der Waals surface area contributed by atoms with Crippen LogP contribution in [0.4, 0.5) is 0 Å². The van der Waals surface area contributed by atoms with Gasteiger partial charge in [-0.25, -0.2) is 0 Å². The van der Waals surface area contributed by atoms with Gasteiger partial charge in [0.15, 0.2) is 0 Å². The Morgan fingerprint density at radius 3 is 2.93 bits per heavy atom. The average Bonchev–Trinajstić information content (AvgIpc) is 2.25. The molecule has 1 aliphatic rings. The summed E-state index contributed by atoms with van der Waals surface area (Å²) in [5, 5.41) is 3.21. The van der Waals surface area contributed by atoms with Gasteiger partial charge in [0, 0.05) is 33.6 Å². The van der Waals surface area contributed by atoms with Crippen molar-refractivity contribution in [2.75, 3.05) is 40.6 Å². The molecule has 0 aromatic heterocycles. The number of nitrogens with zero attached hydrogens (tertiary/aromatic N) is 1. The number of amides is 1. The third kappa shape index (κ3) is 5.11. The average molecular weight is 216 g/mol. The molecule has 1 atom stereocenters. The van der Waals surface area contributed by atoms with Gasteiger partial charge in [0.1, 0.15) is 6.79 Å². The number of nitrogens with one attached hydrogen (secondary N) is 1. The predicted octanol–water partition coefficient (Wildman–Crippen LogP) is -0.183. The zero-order valence-electron chi connectivity index (χ0n) is 9.49. The Bertz CT molecular complexity index is 191. The SMILES string of the molecule is CN(C)C(=O)CCNCC1CCOCO1. The summed E-state index contributed by atoms with van der Waals surface area (Å²) in [6, 6.07) is 0. The van der Waals surface area contributed by atoms with Crippen LogP contribution in [0, 0.1) is 0 Å². The lowest BCUT2D eigenvalue weighted by molar-refractivity contribution is -0.137. The van der Waals surface area contributed by atoms with Crippen molar-refractivity contribution in [3.63, 3.8) is 0 Å². The van der Waals surface area contributed by atoms with E-state index in [9.17, 15) is 4.79 Å². The minimum atomic E-state index is 0.149. The summed E-state index contributed by atoms with van der Waals surface area (Å²) in [4.78, 5) is 12.8. The van der Waals surface area contributed by atoms with E-state index in [2.05, 4.69) is 5.32 Å². The first-order valence-corrected chi connectivity index (χ1v) is 5.30. The Kier molecular flexibility index (Phi) is 5.60. The van der Waals surface area contributed by atoms with Crippen LogP contribution in [0.25, 0.3) is 0 Å².